The second-order valence-electron chi connectivity index (χ2n) is 7.75. The molecule has 0 aromatic heterocycles. The van der Waals surface area contributed by atoms with Gasteiger partial charge >= 0.3 is 0 Å². The number of hydrogen-bond donors (Lipinski definition) is 0. The Morgan fingerprint density at radius 1 is 0.906 bits per heavy atom. The Balaban J connectivity index is 1.70. The molecule has 0 saturated carbocycles. The Hall–Kier alpha value is -3.31. The zero-order chi connectivity index (χ0) is 22.5. The van der Waals surface area contributed by atoms with Crippen molar-refractivity contribution in [2.45, 2.75) is 12.5 Å². The monoisotopic (exact) mass is 433 g/mol. The predicted molar refractivity (Wildman–Crippen MR) is 125 cm³/mol. The molecule has 3 aromatic rings. The van der Waals surface area contributed by atoms with Crippen molar-refractivity contribution in [3.63, 3.8) is 0 Å². The summed E-state index contributed by atoms with van der Waals surface area (Å²) in [5.74, 6) is 2.00. The van der Waals surface area contributed by atoms with Gasteiger partial charge in [0, 0.05) is 18.7 Å². The first-order chi connectivity index (χ1) is 15.6. The molecular weight excluding hydrogens is 405 g/mol. The maximum Gasteiger partial charge on any atom is 0.161 e. The number of fused-ring (bicyclic) bond motifs is 1. The lowest BCUT2D eigenvalue weighted by molar-refractivity contribution is 0.235. The third-order valence-electron chi connectivity index (χ3n) is 5.91. The largest absolute Gasteiger partial charge is 0.496 e. The van der Waals surface area contributed by atoms with Gasteiger partial charge in [-0.3, -0.25) is 4.90 Å². The second kappa shape index (κ2) is 9.88. The van der Waals surface area contributed by atoms with Gasteiger partial charge in [-0.05, 0) is 53.4 Å². The van der Waals surface area contributed by atoms with E-state index < -0.39 is 0 Å². The van der Waals surface area contributed by atoms with E-state index in [0.29, 0.717) is 18.0 Å². The average Bonchev–Trinajstić information content (AvgIpc) is 2.83. The molecule has 0 radical (unpaired) electrons. The molecule has 1 aliphatic rings. The summed E-state index contributed by atoms with van der Waals surface area (Å²) in [6.45, 7) is 1.56. The summed E-state index contributed by atoms with van der Waals surface area (Å²) < 4.78 is 30.7. The standard InChI is InChI=1S/C27H28FNO3/c1-30-24-12-5-4-8-19(24)10-7-14-29-15-13-20-17-25(31-2)26(32-3)18-23(20)27(29)21-9-6-11-22(28)16-21/h4-12,16-18,27H,13-15H2,1-3H3. The van der Waals surface area contributed by atoms with E-state index in [1.807, 2.05) is 42.5 Å². The van der Waals surface area contributed by atoms with Crippen molar-refractivity contribution in [1.29, 1.82) is 0 Å². The zero-order valence-electron chi connectivity index (χ0n) is 18.7. The van der Waals surface area contributed by atoms with E-state index in [1.165, 1.54) is 11.6 Å². The van der Waals surface area contributed by atoms with Gasteiger partial charge in [0.25, 0.3) is 0 Å². The third-order valence-corrected chi connectivity index (χ3v) is 5.91. The van der Waals surface area contributed by atoms with Crippen LogP contribution in [-0.4, -0.2) is 39.3 Å². The number of halogens is 1. The molecule has 0 amide bonds. The van der Waals surface area contributed by atoms with Crippen molar-refractivity contribution < 1.29 is 18.6 Å². The van der Waals surface area contributed by atoms with Gasteiger partial charge in [-0.2, -0.15) is 0 Å². The molecule has 32 heavy (non-hydrogen) atoms. The van der Waals surface area contributed by atoms with E-state index >= 15 is 0 Å². The summed E-state index contributed by atoms with van der Waals surface area (Å²) in [5.41, 5.74) is 4.26. The highest BCUT2D eigenvalue weighted by atomic mass is 19.1. The number of nitrogens with zero attached hydrogens (tertiary/aromatic N) is 1. The number of ether oxygens (including phenoxy) is 3. The average molecular weight is 434 g/mol. The van der Waals surface area contributed by atoms with Crippen molar-refractivity contribution in [3.05, 3.63) is 94.8 Å². The molecule has 0 N–H and O–H groups in total. The summed E-state index contributed by atoms with van der Waals surface area (Å²) in [7, 11) is 4.96. The van der Waals surface area contributed by atoms with Crippen molar-refractivity contribution in [2.75, 3.05) is 34.4 Å². The quantitative estimate of drug-likeness (QED) is 0.491. The number of methoxy groups -OCH3 is 3. The normalized spacial score (nSPS) is 16.1. The Labute approximate surface area is 188 Å². The lowest BCUT2D eigenvalue weighted by Gasteiger charge is -2.37. The van der Waals surface area contributed by atoms with Crippen molar-refractivity contribution in [2.24, 2.45) is 0 Å². The summed E-state index contributed by atoms with van der Waals surface area (Å²) in [6, 6.07) is 18.8. The lowest BCUT2D eigenvalue weighted by atomic mass is 9.87. The lowest BCUT2D eigenvalue weighted by Crippen LogP contribution is -2.36. The van der Waals surface area contributed by atoms with Gasteiger partial charge in [0.15, 0.2) is 11.5 Å². The molecule has 5 heteroatoms. The van der Waals surface area contributed by atoms with Crippen LogP contribution in [0.25, 0.3) is 6.08 Å². The minimum absolute atomic E-state index is 0.0865. The molecule has 1 heterocycles. The molecule has 1 atom stereocenters. The summed E-state index contributed by atoms with van der Waals surface area (Å²) in [4.78, 5) is 2.36. The fourth-order valence-corrected chi connectivity index (χ4v) is 4.38. The molecule has 0 bridgehead atoms. The van der Waals surface area contributed by atoms with Crippen LogP contribution in [0.15, 0.2) is 66.7 Å². The van der Waals surface area contributed by atoms with E-state index in [9.17, 15) is 4.39 Å². The minimum Gasteiger partial charge on any atom is -0.496 e. The Kier molecular flexibility index (Phi) is 6.76. The molecule has 4 rings (SSSR count). The fraction of sp³-hybridized carbons (Fsp3) is 0.259. The first kappa shape index (κ1) is 21.9. The third kappa shape index (κ3) is 4.48. The van der Waals surface area contributed by atoms with Gasteiger partial charge < -0.3 is 14.2 Å². The summed E-state index contributed by atoms with van der Waals surface area (Å²) in [5, 5.41) is 0. The molecule has 0 aliphatic carbocycles. The summed E-state index contributed by atoms with van der Waals surface area (Å²) >= 11 is 0. The maximum absolute atomic E-state index is 14.2. The highest BCUT2D eigenvalue weighted by Gasteiger charge is 2.30. The number of hydrogen-bond acceptors (Lipinski definition) is 4. The van der Waals surface area contributed by atoms with Gasteiger partial charge in [0.05, 0.1) is 27.4 Å². The molecule has 166 valence electrons. The van der Waals surface area contributed by atoms with E-state index in [-0.39, 0.29) is 11.9 Å². The number of para-hydroxylation sites is 1. The fourth-order valence-electron chi connectivity index (χ4n) is 4.38. The molecule has 0 fully saturated rings. The van der Waals surface area contributed by atoms with Gasteiger partial charge in [-0.25, -0.2) is 4.39 Å². The van der Waals surface area contributed by atoms with Gasteiger partial charge in [-0.1, -0.05) is 42.5 Å². The van der Waals surface area contributed by atoms with Crippen molar-refractivity contribution >= 4 is 6.08 Å². The van der Waals surface area contributed by atoms with Gasteiger partial charge in [0.1, 0.15) is 11.6 Å². The van der Waals surface area contributed by atoms with Crippen LogP contribution in [0.5, 0.6) is 17.2 Å². The molecule has 1 aliphatic heterocycles. The van der Waals surface area contributed by atoms with Crippen LogP contribution in [0.1, 0.15) is 28.3 Å². The van der Waals surface area contributed by atoms with Gasteiger partial charge in [-0.15, -0.1) is 0 Å². The molecule has 0 spiro atoms. The molecule has 4 nitrogen and oxygen atoms in total. The van der Waals surface area contributed by atoms with Crippen LogP contribution >= 0.6 is 0 Å². The number of benzene rings is 3. The van der Waals surface area contributed by atoms with E-state index in [0.717, 1.165) is 35.4 Å². The van der Waals surface area contributed by atoms with Crippen LogP contribution in [0.2, 0.25) is 0 Å². The first-order valence-corrected chi connectivity index (χ1v) is 10.7. The van der Waals surface area contributed by atoms with Crippen LogP contribution in [0.4, 0.5) is 4.39 Å². The number of rotatable bonds is 7. The Morgan fingerprint density at radius 3 is 2.41 bits per heavy atom. The van der Waals surface area contributed by atoms with E-state index in [1.54, 1.807) is 33.5 Å². The van der Waals surface area contributed by atoms with Crippen LogP contribution < -0.4 is 14.2 Å². The minimum atomic E-state index is -0.236. The van der Waals surface area contributed by atoms with Crippen molar-refractivity contribution in [1.82, 2.24) is 4.90 Å². The van der Waals surface area contributed by atoms with Gasteiger partial charge in [0.2, 0.25) is 0 Å². The highest BCUT2D eigenvalue weighted by Crippen LogP contribution is 2.41. The topological polar surface area (TPSA) is 30.9 Å². The second-order valence-corrected chi connectivity index (χ2v) is 7.75. The van der Waals surface area contributed by atoms with Crippen molar-refractivity contribution in [3.8, 4) is 17.2 Å². The Bertz CT molecular complexity index is 1110. The van der Waals surface area contributed by atoms with Crippen LogP contribution in [0, 0.1) is 5.82 Å². The molecule has 0 saturated heterocycles. The van der Waals surface area contributed by atoms with Crippen LogP contribution in [0.3, 0.4) is 0 Å². The maximum atomic E-state index is 14.2. The molecular formula is C27H28FNO3. The van der Waals surface area contributed by atoms with E-state index in [4.69, 9.17) is 14.2 Å². The first-order valence-electron chi connectivity index (χ1n) is 10.7. The highest BCUT2D eigenvalue weighted by molar-refractivity contribution is 5.57. The summed E-state index contributed by atoms with van der Waals surface area (Å²) in [6.07, 6.45) is 5.09. The Morgan fingerprint density at radius 2 is 1.66 bits per heavy atom. The SMILES string of the molecule is COc1ccccc1C=CCN1CCc2cc(OC)c(OC)cc2C1c1cccc(F)c1. The van der Waals surface area contributed by atoms with E-state index in [2.05, 4.69) is 17.1 Å². The predicted octanol–water partition coefficient (Wildman–Crippen LogP) is 5.51. The molecule has 1 unspecified atom stereocenters. The zero-order valence-corrected chi connectivity index (χ0v) is 18.7. The van der Waals surface area contributed by atoms with Crippen LogP contribution in [-0.2, 0) is 6.42 Å². The smallest absolute Gasteiger partial charge is 0.161 e. The molecule has 3 aromatic carbocycles.